The van der Waals surface area contributed by atoms with Crippen molar-refractivity contribution in [2.45, 2.75) is 46.1 Å². The van der Waals surface area contributed by atoms with Gasteiger partial charge in [-0.05, 0) is 55.2 Å². The van der Waals surface area contributed by atoms with Crippen LogP contribution in [0.2, 0.25) is 0 Å². The zero-order chi connectivity index (χ0) is 23.4. The van der Waals surface area contributed by atoms with Crippen molar-refractivity contribution in [3.63, 3.8) is 0 Å². The fraction of sp³-hybridized carbons (Fsp3) is 0.400. The van der Waals surface area contributed by atoms with Gasteiger partial charge in [0.05, 0.1) is 17.9 Å². The van der Waals surface area contributed by atoms with Crippen molar-refractivity contribution >= 4 is 29.1 Å². The van der Waals surface area contributed by atoms with Gasteiger partial charge in [0.1, 0.15) is 5.75 Å². The van der Waals surface area contributed by atoms with Crippen LogP contribution in [0.4, 0.5) is 11.4 Å². The van der Waals surface area contributed by atoms with Crippen LogP contribution in [-0.4, -0.2) is 48.9 Å². The molecule has 32 heavy (non-hydrogen) atoms. The molecule has 170 valence electrons. The van der Waals surface area contributed by atoms with E-state index in [1.54, 1.807) is 30.1 Å². The van der Waals surface area contributed by atoms with Crippen LogP contribution in [0.5, 0.6) is 5.75 Å². The molecule has 0 aliphatic carbocycles. The van der Waals surface area contributed by atoms with E-state index in [2.05, 4.69) is 19.2 Å². The first-order chi connectivity index (χ1) is 15.2. The molecule has 7 heteroatoms. The fourth-order valence-corrected chi connectivity index (χ4v) is 3.98. The van der Waals surface area contributed by atoms with E-state index >= 15 is 0 Å². The second-order valence-corrected chi connectivity index (χ2v) is 8.59. The van der Waals surface area contributed by atoms with E-state index in [1.165, 1.54) is 10.5 Å². The van der Waals surface area contributed by atoms with Crippen molar-refractivity contribution in [3.05, 3.63) is 53.6 Å². The predicted molar refractivity (Wildman–Crippen MR) is 125 cm³/mol. The zero-order valence-electron chi connectivity index (χ0n) is 19.3. The molecule has 7 nitrogen and oxygen atoms in total. The van der Waals surface area contributed by atoms with Crippen molar-refractivity contribution in [3.8, 4) is 5.75 Å². The molecule has 1 aliphatic rings. The van der Waals surface area contributed by atoms with Gasteiger partial charge in [-0.2, -0.15) is 0 Å². The smallest absolute Gasteiger partial charge is 0.260 e. The molecule has 2 aromatic rings. The average Bonchev–Trinajstić information content (AvgIpc) is 2.85. The van der Waals surface area contributed by atoms with E-state index < -0.39 is 0 Å². The van der Waals surface area contributed by atoms with Gasteiger partial charge in [0.2, 0.25) is 11.8 Å². The first-order valence-electron chi connectivity index (χ1n) is 10.9. The first kappa shape index (κ1) is 23.3. The van der Waals surface area contributed by atoms with Gasteiger partial charge >= 0.3 is 0 Å². The number of likely N-dealkylation sites (N-methyl/N-ethyl adjacent to an activating group) is 1. The fourth-order valence-electron chi connectivity index (χ4n) is 3.98. The van der Waals surface area contributed by atoms with E-state index in [1.807, 2.05) is 38.1 Å². The Labute approximate surface area is 189 Å². The Hall–Kier alpha value is -3.35. The number of hydrogen-bond acceptors (Lipinski definition) is 4. The van der Waals surface area contributed by atoms with Crippen LogP contribution in [0.25, 0.3) is 0 Å². The van der Waals surface area contributed by atoms with Crippen molar-refractivity contribution < 1.29 is 19.1 Å². The number of benzene rings is 2. The molecule has 1 heterocycles. The maximum Gasteiger partial charge on any atom is 0.260 e. The average molecular weight is 438 g/mol. The van der Waals surface area contributed by atoms with E-state index in [0.717, 1.165) is 5.56 Å². The summed E-state index contributed by atoms with van der Waals surface area (Å²) in [4.78, 5) is 40.8. The summed E-state index contributed by atoms with van der Waals surface area (Å²) in [6.07, 6.45) is 0.187. The minimum absolute atomic E-state index is 0.111. The Kier molecular flexibility index (Phi) is 7.18. The Morgan fingerprint density at radius 2 is 1.94 bits per heavy atom. The van der Waals surface area contributed by atoms with Gasteiger partial charge in [0, 0.05) is 19.5 Å². The summed E-state index contributed by atoms with van der Waals surface area (Å²) in [6, 6.07) is 12.7. The molecular formula is C25H31N3O4. The van der Waals surface area contributed by atoms with Crippen molar-refractivity contribution in [2.75, 3.05) is 30.4 Å². The van der Waals surface area contributed by atoms with Crippen LogP contribution in [0.1, 0.15) is 44.2 Å². The molecule has 1 aliphatic heterocycles. The highest BCUT2D eigenvalue weighted by Crippen LogP contribution is 2.31. The predicted octanol–water partition coefficient (Wildman–Crippen LogP) is 3.72. The molecule has 3 rings (SSSR count). The molecule has 0 saturated carbocycles. The number of anilines is 2. The van der Waals surface area contributed by atoms with E-state index in [4.69, 9.17) is 4.74 Å². The maximum absolute atomic E-state index is 13.1. The number of para-hydroxylation sites is 2. The third-order valence-corrected chi connectivity index (χ3v) is 5.65. The summed E-state index contributed by atoms with van der Waals surface area (Å²) in [5.41, 5.74) is 3.58. The van der Waals surface area contributed by atoms with Crippen molar-refractivity contribution in [1.29, 1.82) is 0 Å². The SMILES string of the molecule is Cc1cc(OCC(=O)N(C)CC(=O)N2c3ccccc3NC(=O)C[C@H]2C)ccc1C(C)C. The Morgan fingerprint density at radius 3 is 2.62 bits per heavy atom. The highest BCUT2D eigenvalue weighted by Gasteiger charge is 2.30. The molecule has 0 unspecified atom stereocenters. The highest BCUT2D eigenvalue weighted by molar-refractivity contribution is 6.05. The molecular weight excluding hydrogens is 406 g/mol. The largest absolute Gasteiger partial charge is 0.484 e. The third kappa shape index (κ3) is 5.28. The van der Waals surface area contributed by atoms with E-state index in [0.29, 0.717) is 23.0 Å². The minimum Gasteiger partial charge on any atom is -0.484 e. The molecule has 0 radical (unpaired) electrons. The molecule has 0 spiro atoms. The standard InChI is InChI=1S/C25H31N3O4/c1-16(2)20-11-10-19(12-17(20)3)32-15-25(31)27(5)14-24(30)28-18(4)13-23(29)26-21-8-6-7-9-22(21)28/h6-12,16,18H,13-15H2,1-5H3,(H,26,29)/t18-/m1/s1. The van der Waals surface area contributed by atoms with Gasteiger partial charge in [0.15, 0.2) is 6.61 Å². The number of hydrogen-bond donors (Lipinski definition) is 1. The molecule has 3 amide bonds. The van der Waals surface area contributed by atoms with Crippen molar-refractivity contribution in [1.82, 2.24) is 4.90 Å². The number of rotatable bonds is 6. The Bertz CT molecular complexity index is 1020. The second kappa shape index (κ2) is 9.85. The van der Waals surface area contributed by atoms with Crippen LogP contribution in [0.15, 0.2) is 42.5 Å². The normalized spacial score (nSPS) is 15.6. The zero-order valence-corrected chi connectivity index (χ0v) is 19.3. The van der Waals surface area contributed by atoms with E-state index in [9.17, 15) is 14.4 Å². The van der Waals surface area contributed by atoms with Crippen LogP contribution in [0.3, 0.4) is 0 Å². The van der Waals surface area contributed by atoms with Gasteiger partial charge in [-0.3, -0.25) is 14.4 Å². The molecule has 0 aromatic heterocycles. The quantitative estimate of drug-likeness (QED) is 0.747. The highest BCUT2D eigenvalue weighted by atomic mass is 16.5. The van der Waals surface area contributed by atoms with Gasteiger partial charge in [-0.25, -0.2) is 0 Å². The molecule has 0 bridgehead atoms. The molecule has 1 N–H and O–H groups in total. The number of ether oxygens (including phenoxy) is 1. The van der Waals surface area contributed by atoms with Gasteiger partial charge in [-0.1, -0.05) is 32.0 Å². The van der Waals surface area contributed by atoms with Crippen LogP contribution < -0.4 is 15.0 Å². The lowest BCUT2D eigenvalue weighted by molar-refractivity contribution is -0.135. The minimum atomic E-state index is -0.326. The van der Waals surface area contributed by atoms with Gasteiger partial charge in [0.25, 0.3) is 5.91 Å². The lowest BCUT2D eigenvalue weighted by Crippen LogP contribution is -2.46. The van der Waals surface area contributed by atoms with Crippen molar-refractivity contribution in [2.24, 2.45) is 0 Å². The third-order valence-electron chi connectivity index (χ3n) is 5.65. The van der Waals surface area contributed by atoms with Gasteiger partial charge in [-0.15, -0.1) is 0 Å². The molecule has 1 atom stereocenters. The number of fused-ring (bicyclic) bond motifs is 1. The number of nitrogens with zero attached hydrogens (tertiary/aromatic N) is 2. The monoisotopic (exact) mass is 437 g/mol. The molecule has 0 fully saturated rings. The number of aryl methyl sites for hydroxylation is 1. The number of nitrogens with one attached hydrogen (secondary N) is 1. The molecule has 0 saturated heterocycles. The topological polar surface area (TPSA) is 79.0 Å². The number of carbonyl (C=O) groups excluding carboxylic acids is 3. The van der Waals surface area contributed by atoms with E-state index in [-0.39, 0.29) is 43.3 Å². The lowest BCUT2D eigenvalue weighted by Gasteiger charge is -2.29. The summed E-state index contributed by atoms with van der Waals surface area (Å²) in [5.74, 6) is 0.347. The first-order valence-corrected chi connectivity index (χ1v) is 10.9. The number of amides is 3. The van der Waals surface area contributed by atoms with Gasteiger partial charge < -0.3 is 19.9 Å². The maximum atomic E-state index is 13.1. The summed E-state index contributed by atoms with van der Waals surface area (Å²) in [6.45, 7) is 7.85. The molecule has 2 aromatic carbocycles. The summed E-state index contributed by atoms with van der Waals surface area (Å²) < 4.78 is 5.67. The Balaban J connectivity index is 1.64. The second-order valence-electron chi connectivity index (χ2n) is 8.59. The summed E-state index contributed by atoms with van der Waals surface area (Å²) in [7, 11) is 1.58. The summed E-state index contributed by atoms with van der Waals surface area (Å²) in [5, 5.41) is 2.83. The van der Waals surface area contributed by atoms with Crippen LogP contribution >= 0.6 is 0 Å². The Morgan fingerprint density at radius 1 is 1.22 bits per heavy atom. The van der Waals surface area contributed by atoms with Crippen LogP contribution in [0, 0.1) is 6.92 Å². The lowest BCUT2D eigenvalue weighted by atomic mass is 9.98. The van der Waals surface area contributed by atoms with Crippen LogP contribution in [-0.2, 0) is 14.4 Å². The number of carbonyl (C=O) groups is 3. The summed E-state index contributed by atoms with van der Waals surface area (Å²) >= 11 is 0.